The van der Waals surface area contributed by atoms with Crippen molar-refractivity contribution >= 4 is 29.1 Å². The Kier molecular flexibility index (Phi) is 6.94. The van der Waals surface area contributed by atoms with Crippen LogP contribution in [-0.2, 0) is 14.4 Å². The molecule has 2 saturated heterocycles. The number of carbonyl (C=O) groups excluding carboxylic acids is 2. The van der Waals surface area contributed by atoms with E-state index in [0.29, 0.717) is 35.9 Å². The van der Waals surface area contributed by atoms with Crippen LogP contribution < -0.4 is 15.1 Å². The van der Waals surface area contributed by atoms with Gasteiger partial charge in [0.2, 0.25) is 5.91 Å². The molecule has 0 spiro atoms. The standard InChI is InChI=1S/C22H28FN7O4/c1-14(26-33-3)20-13-30(27-25-20)16-6-8-28(9-7-16)21-5-4-17(10-19(21)23)29-12-18(34-22(29)32)11-24-15(2)31/h4-5,10,13,16,18H,6-9,11-12H2,1-3H3,(H,24,31)/b26-14+. The molecule has 182 valence electrons. The average molecular weight is 474 g/mol. The highest BCUT2D eigenvalue weighted by molar-refractivity contribution is 5.96. The Morgan fingerprint density at radius 1 is 1.32 bits per heavy atom. The van der Waals surface area contributed by atoms with Gasteiger partial charge in [0.1, 0.15) is 30.4 Å². The number of carbonyl (C=O) groups is 2. The van der Waals surface area contributed by atoms with Gasteiger partial charge in [-0.25, -0.2) is 13.9 Å². The molecule has 34 heavy (non-hydrogen) atoms. The van der Waals surface area contributed by atoms with Crippen LogP contribution in [0.4, 0.5) is 20.6 Å². The number of hydrogen-bond donors (Lipinski definition) is 1. The van der Waals surface area contributed by atoms with Crippen molar-refractivity contribution in [3.8, 4) is 0 Å². The van der Waals surface area contributed by atoms with Gasteiger partial charge in [0.15, 0.2) is 0 Å². The number of nitrogens with zero attached hydrogens (tertiary/aromatic N) is 6. The fraction of sp³-hybridized carbons (Fsp3) is 0.500. The molecule has 12 heteroatoms. The summed E-state index contributed by atoms with van der Waals surface area (Å²) in [5, 5.41) is 14.9. The molecule has 1 aromatic heterocycles. The zero-order chi connectivity index (χ0) is 24.2. The summed E-state index contributed by atoms with van der Waals surface area (Å²) >= 11 is 0. The predicted molar refractivity (Wildman–Crippen MR) is 122 cm³/mol. The summed E-state index contributed by atoms with van der Waals surface area (Å²) in [5.41, 5.74) is 2.23. The fourth-order valence-corrected chi connectivity index (χ4v) is 4.19. The smallest absolute Gasteiger partial charge is 0.414 e. The molecule has 2 aliphatic rings. The Morgan fingerprint density at radius 2 is 2.09 bits per heavy atom. The van der Waals surface area contributed by atoms with Gasteiger partial charge in [-0.2, -0.15) is 0 Å². The van der Waals surface area contributed by atoms with E-state index in [4.69, 9.17) is 9.57 Å². The Bertz CT molecular complexity index is 1080. The minimum atomic E-state index is -0.554. The maximum absolute atomic E-state index is 15.0. The van der Waals surface area contributed by atoms with Crippen LogP contribution in [0.25, 0.3) is 0 Å². The van der Waals surface area contributed by atoms with Gasteiger partial charge in [0.25, 0.3) is 0 Å². The van der Waals surface area contributed by atoms with Crippen molar-refractivity contribution in [2.45, 2.75) is 38.8 Å². The summed E-state index contributed by atoms with van der Waals surface area (Å²) in [6.07, 6.45) is 2.39. The summed E-state index contributed by atoms with van der Waals surface area (Å²) in [5.74, 6) is -0.600. The topological polar surface area (TPSA) is 114 Å². The molecular weight excluding hydrogens is 445 g/mol. The highest BCUT2D eigenvalue weighted by Crippen LogP contribution is 2.31. The lowest BCUT2D eigenvalue weighted by atomic mass is 10.0. The van der Waals surface area contributed by atoms with E-state index in [1.807, 2.05) is 15.8 Å². The van der Waals surface area contributed by atoms with Crippen molar-refractivity contribution in [1.29, 1.82) is 0 Å². The Morgan fingerprint density at radius 3 is 2.76 bits per heavy atom. The number of ether oxygens (including phenoxy) is 1. The Hall–Kier alpha value is -3.70. The SMILES string of the molecule is CO/N=C(\C)c1cn(C2CCN(c3ccc(N4CC(CNC(C)=O)OC4=O)cc3F)CC2)nn1. The molecule has 0 saturated carbocycles. The van der Waals surface area contributed by atoms with Gasteiger partial charge in [-0.1, -0.05) is 10.4 Å². The molecule has 1 aromatic carbocycles. The molecule has 1 unspecified atom stereocenters. The first-order valence-electron chi connectivity index (χ1n) is 11.1. The van der Waals surface area contributed by atoms with Crippen LogP contribution in [0.2, 0.25) is 0 Å². The van der Waals surface area contributed by atoms with E-state index in [9.17, 15) is 9.59 Å². The highest BCUT2D eigenvalue weighted by atomic mass is 19.1. The maximum Gasteiger partial charge on any atom is 0.414 e. The Labute approximate surface area is 196 Å². The first kappa shape index (κ1) is 23.5. The molecule has 0 aliphatic carbocycles. The molecular formula is C22H28FN7O4. The second-order valence-corrected chi connectivity index (χ2v) is 8.35. The van der Waals surface area contributed by atoms with Crippen molar-refractivity contribution in [3.63, 3.8) is 0 Å². The number of rotatable bonds is 7. The van der Waals surface area contributed by atoms with Gasteiger partial charge < -0.3 is 19.8 Å². The normalized spacial score (nSPS) is 19.4. The van der Waals surface area contributed by atoms with Crippen LogP contribution in [0.5, 0.6) is 0 Å². The van der Waals surface area contributed by atoms with Crippen LogP contribution in [0.3, 0.4) is 0 Å². The van der Waals surface area contributed by atoms with Crippen molar-refractivity contribution in [1.82, 2.24) is 20.3 Å². The second kappa shape index (κ2) is 10.1. The number of aromatic nitrogens is 3. The van der Waals surface area contributed by atoms with Crippen LogP contribution in [0.1, 0.15) is 38.4 Å². The first-order chi connectivity index (χ1) is 16.4. The van der Waals surface area contributed by atoms with E-state index in [2.05, 4.69) is 20.8 Å². The molecule has 3 heterocycles. The number of cyclic esters (lactones) is 1. The van der Waals surface area contributed by atoms with E-state index >= 15 is 4.39 Å². The third-order valence-electron chi connectivity index (χ3n) is 5.98. The highest BCUT2D eigenvalue weighted by Gasteiger charge is 2.33. The minimum absolute atomic E-state index is 0.162. The number of benzene rings is 1. The molecule has 4 rings (SSSR count). The number of anilines is 2. The minimum Gasteiger partial charge on any atom is -0.442 e. The number of hydrogen-bond acceptors (Lipinski definition) is 8. The van der Waals surface area contributed by atoms with Gasteiger partial charge in [-0.05, 0) is 38.0 Å². The third-order valence-corrected chi connectivity index (χ3v) is 5.98. The molecule has 2 amide bonds. The van der Waals surface area contributed by atoms with E-state index in [0.717, 1.165) is 12.8 Å². The van der Waals surface area contributed by atoms with Crippen LogP contribution in [0.15, 0.2) is 29.6 Å². The van der Waals surface area contributed by atoms with Gasteiger partial charge >= 0.3 is 6.09 Å². The van der Waals surface area contributed by atoms with Crippen molar-refractivity contribution < 1.29 is 23.6 Å². The van der Waals surface area contributed by atoms with Crippen LogP contribution in [0, 0.1) is 5.82 Å². The zero-order valence-electron chi connectivity index (χ0n) is 19.4. The maximum atomic E-state index is 15.0. The van der Waals surface area contributed by atoms with E-state index < -0.39 is 18.0 Å². The lowest BCUT2D eigenvalue weighted by Crippen LogP contribution is -2.35. The second-order valence-electron chi connectivity index (χ2n) is 8.35. The summed E-state index contributed by atoms with van der Waals surface area (Å²) in [6.45, 7) is 4.99. The molecule has 2 aromatic rings. The molecule has 2 aliphatic heterocycles. The third kappa shape index (κ3) is 5.10. The molecule has 1 N–H and O–H groups in total. The molecule has 11 nitrogen and oxygen atoms in total. The number of oxime groups is 1. The first-order valence-corrected chi connectivity index (χ1v) is 11.1. The van der Waals surface area contributed by atoms with Crippen molar-refractivity contribution in [3.05, 3.63) is 35.9 Å². The van der Waals surface area contributed by atoms with Crippen LogP contribution >= 0.6 is 0 Å². The van der Waals surface area contributed by atoms with E-state index in [1.54, 1.807) is 19.1 Å². The molecule has 0 radical (unpaired) electrons. The molecule has 1 atom stereocenters. The lowest BCUT2D eigenvalue weighted by molar-refractivity contribution is -0.119. The summed E-state index contributed by atoms with van der Waals surface area (Å²) in [4.78, 5) is 31.4. The van der Waals surface area contributed by atoms with Gasteiger partial charge in [-0.3, -0.25) is 9.69 Å². The predicted octanol–water partition coefficient (Wildman–Crippen LogP) is 2.09. The number of piperidine rings is 1. The summed E-state index contributed by atoms with van der Waals surface area (Å²) in [7, 11) is 1.48. The zero-order valence-corrected chi connectivity index (χ0v) is 19.4. The summed E-state index contributed by atoms with van der Waals surface area (Å²) in [6, 6.07) is 4.92. The number of amides is 2. The number of nitrogens with one attached hydrogen (secondary N) is 1. The lowest BCUT2D eigenvalue weighted by Gasteiger charge is -2.33. The molecule has 0 bridgehead atoms. The van der Waals surface area contributed by atoms with Gasteiger partial charge in [0, 0.05) is 20.0 Å². The largest absolute Gasteiger partial charge is 0.442 e. The van der Waals surface area contributed by atoms with Crippen molar-refractivity contribution in [2.24, 2.45) is 5.16 Å². The van der Waals surface area contributed by atoms with Crippen molar-refractivity contribution in [2.75, 3.05) is 43.1 Å². The number of halogens is 1. The Balaban J connectivity index is 1.37. The summed E-state index contributed by atoms with van der Waals surface area (Å²) < 4.78 is 22.1. The molecule has 2 fully saturated rings. The van der Waals surface area contributed by atoms with E-state index in [1.165, 1.54) is 25.0 Å². The average Bonchev–Trinajstić information content (AvgIpc) is 3.45. The fourth-order valence-electron chi connectivity index (χ4n) is 4.19. The van der Waals surface area contributed by atoms with Crippen LogP contribution in [-0.4, -0.2) is 72.1 Å². The quantitative estimate of drug-likeness (QED) is 0.484. The van der Waals surface area contributed by atoms with Gasteiger partial charge in [0.05, 0.1) is 36.7 Å². The monoisotopic (exact) mass is 473 g/mol. The van der Waals surface area contributed by atoms with Gasteiger partial charge in [-0.15, -0.1) is 5.10 Å². The van der Waals surface area contributed by atoms with E-state index in [-0.39, 0.29) is 25.0 Å².